The summed E-state index contributed by atoms with van der Waals surface area (Å²) in [7, 11) is 3.17. The second-order valence-electron chi connectivity index (χ2n) is 3.59. The second kappa shape index (κ2) is 7.16. The van der Waals surface area contributed by atoms with Crippen LogP contribution in [0.15, 0.2) is 29.3 Å². The van der Waals surface area contributed by atoms with Gasteiger partial charge in [-0.1, -0.05) is 12.1 Å². The average molecular weight is 250 g/mol. The van der Waals surface area contributed by atoms with Crippen LogP contribution in [0.4, 0.5) is 0 Å². The third kappa shape index (κ3) is 4.73. The van der Waals surface area contributed by atoms with Crippen molar-refractivity contribution < 1.29 is 9.53 Å². The van der Waals surface area contributed by atoms with Gasteiger partial charge < -0.3 is 21.1 Å². The molecule has 0 aliphatic carbocycles. The van der Waals surface area contributed by atoms with Crippen LogP contribution in [0.5, 0.6) is 5.75 Å². The Morgan fingerprint density at radius 1 is 1.33 bits per heavy atom. The van der Waals surface area contributed by atoms with E-state index >= 15 is 0 Å². The Morgan fingerprint density at radius 2 is 2.00 bits per heavy atom. The number of guanidine groups is 1. The van der Waals surface area contributed by atoms with Crippen LogP contribution in [-0.2, 0) is 11.3 Å². The molecule has 0 fully saturated rings. The number of rotatable bonds is 5. The van der Waals surface area contributed by atoms with Crippen LogP contribution in [-0.4, -0.2) is 32.6 Å². The molecule has 4 N–H and O–H groups in total. The number of carbonyl (C=O) groups is 1. The largest absolute Gasteiger partial charge is 0.497 e. The number of aliphatic imine (C=N–C) groups is 1. The normalized spacial score (nSPS) is 10.9. The molecule has 0 heterocycles. The Hall–Kier alpha value is -2.24. The molecule has 0 radical (unpaired) electrons. The number of hydrogen-bond acceptors (Lipinski definition) is 3. The molecule has 0 aromatic heterocycles. The number of benzene rings is 1. The molecule has 0 atom stereocenters. The molecule has 0 unspecified atom stereocenters. The molecule has 98 valence electrons. The van der Waals surface area contributed by atoms with Gasteiger partial charge in [-0.3, -0.25) is 9.79 Å². The molecule has 1 aromatic carbocycles. The lowest BCUT2D eigenvalue weighted by molar-refractivity contribution is -0.120. The summed E-state index contributed by atoms with van der Waals surface area (Å²) < 4.78 is 5.05. The SMILES string of the molecule is CN=C(N)NCC(=O)NCc1ccc(OC)cc1. The molecule has 18 heavy (non-hydrogen) atoms. The lowest BCUT2D eigenvalue weighted by atomic mass is 10.2. The molecule has 0 spiro atoms. The van der Waals surface area contributed by atoms with Crippen LogP contribution < -0.4 is 21.1 Å². The number of hydrogen-bond donors (Lipinski definition) is 3. The topological polar surface area (TPSA) is 88.7 Å². The van der Waals surface area contributed by atoms with Gasteiger partial charge in [-0.2, -0.15) is 0 Å². The van der Waals surface area contributed by atoms with Gasteiger partial charge in [0.2, 0.25) is 5.91 Å². The van der Waals surface area contributed by atoms with Crippen LogP contribution in [0.1, 0.15) is 5.56 Å². The van der Waals surface area contributed by atoms with E-state index in [1.54, 1.807) is 14.2 Å². The molecular formula is C12H18N4O2. The number of nitrogens with zero attached hydrogens (tertiary/aromatic N) is 1. The van der Waals surface area contributed by atoms with E-state index in [1.165, 1.54) is 0 Å². The predicted octanol–water partition coefficient (Wildman–Crippen LogP) is -0.154. The van der Waals surface area contributed by atoms with Gasteiger partial charge in [0.25, 0.3) is 0 Å². The summed E-state index contributed by atoms with van der Waals surface area (Å²) in [6.45, 7) is 0.576. The predicted molar refractivity (Wildman–Crippen MR) is 70.4 cm³/mol. The highest BCUT2D eigenvalue weighted by Crippen LogP contribution is 2.10. The Bertz CT molecular complexity index is 415. The van der Waals surface area contributed by atoms with Gasteiger partial charge in [-0.05, 0) is 17.7 Å². The maximum atomic E-state index is 11.5. The fourth-order valence-electron chi connectivity index (χ4n) is 1.26. The summed E-state index contributed by atoms with van der Waals surface area (Å²) in [6, 6.07) is 7.49. The van der Waals surface area contributed by atoms with Crippen molar-refractivity contribution in [1.82, 2.24) is 10.6 Å². The number of amides is 1. The molecule has 0 bridgehead atoms. The number of ether oxygens (including phenoxy) is 1. The summed E-state index contributed by atoms with van der Waals surface area (Å²) in [5, 5.41) is 5.45. The average Bonchev–Trinajstić information content (AvgIpc) is 2.42. The first-order valence-corrected chi connectivity index (χ1v) is 5.51. The van der Waals surface area contributed by atoms with Gasteiger partial charge in [0, 0.05) is 13.6 Å². The minimum Gasteiger partial charge on any atom is -0.497 e. The first-order valence-electron chi connectivity index (χ1n) is 5.51. The van der Waals surface area contributed by atoms with Crippen molar-refractivity contribution in [1.29, 1.82) is 0 Å². The summed E-state index contributed by atoms with van der Waals surface area (Å²) in [5.41, 5.74) is 6.41. The maximum Gasteiger partial charge on any atom is 0.239 e. The molecule has 0 aliphatic heterocycles. The quantitative estimate of drug-likeness (QED) is 0.500. The van der Waals surface area contributed by atoms with Gasteiger partial charge in [0.1, 0.15) is 5.75 Å². The molecule has 6 heteroatoms. The maximum absolute atomic E-state index is 11.5. The van der Waals surface area contributed by atoms with E-state index in [1.807, 2.05) is 24.3 Å². The monoisotopic (exact) mass is 250 g/mol. The molecular weight excluding hydrogens is 232 g/mol. The lowest BCUT2D eigenvalue weighted by Gasteiger charge is -2.07. The zero-order valence-corrected chi connectivity index (χ0v) is 10.6. The smallest absolute Gasteiger partial charge is 0.239 e. The fourth-order valence-corrected chi connectivity index (χ4v) is 1.26. The molecule has 6 nitrogen and oxygen atoms in total. The second-order valence-corrected chi connectivity index (χ2v) is 3.59. The Balaban J connectivity index is 2.33. The van der Waals surface area contributed by atoms with E-state index in [9.17, 15) is 4.79 Å². The third-order valence-corrected chi connectivity index (χ3v) is 2.32. The van der Waals surface area contributed by atoms with E-state index < -0.39 is 0 Å². The highest BCUT2D eigenvalue weighted by atomic mass is 16.5. The summed E-state index contributed by atoms with van der Waals surface area (Å²) >= 11 is 0. The van der Waals surface area contributed by atoms with Crippen LogP contribution in [0.2, 0.25) is 0 Å². The summed E-state index contributed by atoms with van der Waals surface area (Å²) in [5.74, 6) is 0.894. The van der Waals surface area contributed by atoms with Crippen LogP contribution in [0, 0.1) is 0 Å². The fraction of sp³-hybridized carbons (Fsp3) is 0.333. The van der Waals surface area contributed by atoms with Gasteiger partial charge in [0.05, 0.1) is 13.7 Å². The molecule has 0 aliphatic rings. The van der Waals surface area contributed by atoms with Crippen LogP contribution in [0.25, 0.3) is 0 Å². The van der Waals surface area contributed by atoms with Crippen molar-refractivity contribution in [3.05, 3.63) is 29.8 Å². The first kappa shape index (κ1) is 13.8. The van der Waals surface area contributed by atoms with Crippen LogP contribution in [0.3, 0.4) is 0 Å². The highest BCUT2D eigenvalue weighted by Gasteiger charge is 2.01. The number of nitrogens with one attached hydrogen (secondary N) is 2. The van der Waals surface area contributed by atoms with Crippen LogP contribution >= 0.6 is 0 Å². The van der Waals surface area contributed by atoms with Gasteiger partial charge in [-0.15, -0.1) is 0 Å². The van der Waals surface area contributed by atoms with E-state index in [0.29, 0.717) is 6.54 Å². The Kier molecular flexibility index (Phi) is 5.50. The zero-order valence-electron chi connectivity index (χ0n) is 10.6. The van der Waals surface area contributed by atoms with Gasteiger partial charge in [0.15, 0.2) is 5.96 Å². The standard InChI is InChI=1S/C12H18N4O2/c1-14-12(13)16-8-11(17)15-7-9-3-5-10(18-2)6-4-9/h3-6H,7-8H2,1-2H3,(H,15,17)(H3,13,14,16). The first-order chi connectivity index (χ1) is 8.65. The molecule has 1 aromatic rings. The van der Waals surface area contributed by atoms with E-state index in [4.69, 9.17) is 10.5 Å². The number of methoxy groups -OCH3 is 1. The van der Waals surface area contributed by atoms with Gasteiger partial charge >= 0.3 is 0 Å². The van der Waals surface area contributed by atoms with Crippen molar-refractivity contribution in [2.24, 2.45) is 10.7 Å². The summed E-state index contributed by atoms with van der Waals surface area (Å²) in [4.78, 5) is 15.1. The van der Waals surface area contributed by atoms with E-state index in [2.05, 4.69) is 15.6 Å². The van der Waals surface area contributed by atoms with Crippen molar-refractivity contribution in [3.8, 4) is 5.75 Å². The Morgan fingerprint density at radius 3 is 2.56 bits per heavy atom. The number of nitrogens with two attached hydrogens (primary N) is 1. The highest BCUT2D eigenvalue weighted by molar-refractivity contribution is 5.85. The molecule has 0 saturated carbocycles. The van der Waals surface area contributed by atoms with Crippen molar-refractivity contribution in [3.63, 3.8) is 0 Å². The van der Waals surface area contributed by atoms with Crippen molar-refractivity contribution in [2.45, 2.75) is 6.54 Å². The molecule has 0 saturated heterocycles. The molecule has 1 amide bonds. The van der Waals surface area contributed by atoms with Crippen molar-refractivity contribution >= 4 is 11.9 Å². The third-order valence-electron chi connectivity index (χ3n) is 2.32. The minimum atomic E-state index is -0.141. The summed E-state index contributed by atoms with van der Waals surface area (Å²) in [6.07, 6.45) is 0. The zero-order chi connectivity index (χ0) is 13.4. The number of carbonyl (C=O) groups excluding carboxylic acids is 1. The van der Waals surface area contributed by atoms with Crippen molar-refractivity contribution in [2.75, 3.05) is 20.7 Å². The Labute approximate surface area is 106 Å². The van der Waals surface area contributed by atoms with E-state index in [0.717, 1.165) is 11.3 Å². The molecule has 1 rings (SSSR count). The van der Waals surface area contributed by atoms with Gasteiger partial charge in [-0.25, -0.2) is 0 Å². The lowest BCUT2D eigenvalue weighted by Crippen LogP contribution is -2.40. The van der Waals surface area contributed by atoms with E-state index in [-0.39, 0.29) is 18.4 Å². The minimum absolute atomic E-state index is 0.110.